The van der Waals surface area contributed by atoms with E-state index in [4.69, 9.17) is 5.10 Å². The van der Waals surface area contributed by atoms with Crippen LogP contribution >= 0.6 is 0 Å². The highest BCUT2D eigenvalue weighted by atomic mass is 16.5. The Morgan fingerprint density at radius 2 is 1.73 bits per heavy atom. The van der Waals surface area contributed by atoms with Crippen LogP contribution < -0.4 is 20.9 Å². The van der Waals surface area contributed by atoms with Crippen LogP contribution in [-0.4, -0.2) is 103 Å². The van der Waals surface area contributed by atoms with Crippen LogP contribution in [0.25, 0.3) is 11.1 Å². The average Bonchev–Trinajstić information content (AvgIpc) is 3.67. The van der Waals surface area contributed by atoms with Gasteiger partial charge in [0.25, 0.3) is 17.7 Å². The van der Waals surface area contributed by atoms with Gasteiger partial charge in [0.2, 0.25) is 5.91 Å². The molecule has 6 heterocycles. The lowest BCUT2D eigenvalue weighted by molar-refractivity contribution is -0.302. The van der Waals surface area contributed by atoms with Gasteiger partial charge in [-0.25, -0.2) is 9.88 Å². The van der Waals surface area contributed by atoms with E-state index in [1.165, 1.54) is 18.0 Å². The number of fused-ring (bicyclic) bond motifs is 3. The summed E-state index contributed by atoms with van der Waals surface area (Å²) in [6.45, 7) is 2.49. The zero-order valence-corrected chi connectivity index (χ0v) is 28.3. The molecule has 51 heavy (non-hydrogen) atoms. The van der Waals surface area contributed by atoms with Gasteiger partial charge in [-0.05, 0) is 43.9 Å². The fourth-order valence-electron chi connectivity index (χ4n) is 7.06. The number of para-hydroxylation sites is 1. The van der Waals surface area contributed by atoms with E-state index in [1.54, 1.807) is 23.1 Å². The molecule has 16 nitrogen and oxygen atoms in total. The van der Waals surface area contributed by atoms with E-state index in [1.807, 2.05) is 36.1 Å². The Balaban J connectivity index is 1.02. The first-order valence-corrected chi connectivity index (χ1v) is 17.2. The molecule has 0 radical (unpaired) electrons. The quantitative estimate of drug-likeness (QED) is 0.160. The first-order valence-electron chi connectivity index (χ1n) is 17.2. The van der Waals surface area contributed by atoms with Crippen molar-refractivity contribution in [2.45, 2.75) is 44.2 Å². The second-order valence-electron chi connectivity index (χ2n) is 13.6. The lowest BCUT2D eigenvalue weighted by atomic mass is 9.97. The molecule has 3 aromatic heterocycles. The van der Waals surface area contributed by atoms with Gasteiger partial charge >= 0.3 is 0 Å². The number of carbonyl (C=O) groups is 3. The standard InChI is InChI=1S/C35H39N11O5/c1-36-33(48)30-26(15-29(41-42-30)40-32(47)20-11-12-20)38-24-8-5-7-22-23-16-37-46(27(23)19-43(2)31(22)24)21-17-45(18-21)35(50,51)28-10-6-9-25(39-28)34(49)44-13-3-4-14-44/h5-10,15-16,20-21,50-51H,3-4,11-14,17-19H2,1-2H3,(H,36,48)(H2,38,40,41,47). The first-order chi connectivity index (χ1) is 24.6. The Bertz CT molecular complexity index is 2030. The van der Waals surface area contributed by atoms with E-state index in [0.29, 0.717) is 38.4 Å². The van der Waals surface area contributed by atoms with Crippen LogP contribution in [0.15, 0.2) is 48.7 Å². The predicted octanol–water partition coefficient (Wildman–Crippen LogP) is 2.02. The maximum absolute atomic E-state index is 12.9. The highest BCUT2D eigenvalue weighted by Gasteiger charge is 2.46. The van der Waals surface area contributed by atoms with Crippen LogP contribution in [0.2, 0.25) is 0 Å². The van der Waals surface area contributed by atoms with Gasteiger partial charge in [0.1, 0.15) is 11.4 Å². The summed E-state index contributed by atoms with van der Waals surface area (Å²) in [4.78, 5) is 47.8. The van der Waals surface area contributed by atoms with Crippen molar-refractivity contribution < 1.29 is 24.6 Å². The number of aliphatic hydroxyl groups is 2. The number of rotatable bonds is 9. The molecule has 3 aliphatic heterocycles. The van der Waals surface area contributed by atoms with E-state index in [2.05, 4.69) is 36.0 Å². The molecule has 2 saturated heterocycles. The lowest BCUT2D eigenvalue weighted by Gasteiger charge is -2.46. The Labute approximate surface area is 293 Å². The van der Waals surface area contributed by atoms with Crippen molar-refractivity contribution >= 4 is 40.6 Å². The largest absolute Gasteiger partial charge is 0.366 e. The molecule has 1 aliphatic carbocycles. The number of nitrogens with zero attached hydrogens (tertiary/aromatic N) is 8. The third kappa shape index (κ3) is 5.94. The number of likely N-dealkylation sites (tertiary alicyclic amines) is 2. The molecular formula is C35H39N11O5. The van der Waals surface area contributed by atoms with E-state index in [-0.39, 0.29) is 46.7 Å². The Morgan fingerprint density at radius 1 is 0.961 bits per heavy atom. The molecule has 0 unspecified atom stereocenters. The van der Waals surface area contributed by atoms with Gasteiger partial charge < -0.3 is 36.0 Å². The molecule has 5 N–H and O–H groups in total. The maximum Gasteiger partial charge on any atom is 0.273 e. The van der Waals surface area contributed by atoms with Gasteiger partial charge in [-0.15, -0.1) is 10.2 Å². The maximum atomic E-state index is 12.9. The molecular weight excluding hydrogens is 654 g/mol. The van der Waals surface area contributed by atoms with Crippen molar-refractivity contribution in [1.29, 1.82) is 0 Å². The topological polar surface area (TPSA) is 194 Å². The van der Waals surface area contributed by atoms with Gasteiger partial charge in [-0.2, -0.15) is 5.10 Å². The lowest BCUT2D eigenvalue weighted by Crippen LogP contribution is -2.59. The van der Waals surface area contributed by atoms with Crippen molar-refractivity contribution in [3.8, 4) is 11.1 Å². The van der Waals surface area contributed by atoms with Crippen molar-refractivity contribution in [2.24, 2.45) is 5.92 Å². The normalized spacial score (nSPS) is 17.4. The summed E-state index contributed by atoms with van der Waals surface area (Å²) in [6.07, 6.45) is 5.42. The SMILES string of the molecule is CNC(=O)c1nnc(NC(=O)C2CC2)cc1Nc1cccc2c1N(C)Cc1c-2cnn1C1CN(C(O)(O)c2cccc(C(=O)N3CCCC3)n2)C1. The Kier molecular flexibility index (Phi) is 8.16. The number of aromatic nitrogens is 5. The highest BCUT2D eigenvalue weighted by Crippen LogP contribution is 2.45. The second kappa shape index (κ2) is 12.7. The minimum absolute atomic E-state index is 0.00330. The Hall–Kier alpha value is -5.45. The van der Waals surface area contributed by atoms with Gasteiger partial charge in [-0.1, -0.05) is 18.2 Å². The van der Waals surface area contributed by atoms with Crippen LogP contribution in [0.1, 0.15) is 64.1 Å². The number of amides is 3. The highest BCUT2D eigenvalue weighted by molar-refractivity contribution is 6.01. The van der Waals surface area contributed by atoms with E-state index in [0.717, 1.165) is 53.9 Å². The third-order valence-electron chi connectivity index (χ3n) is 10.1. The number of carbonyl (C=O) groups excluding carboxylic acids is 3. The summed E-state index contributed by atoms with van der Waals surface area (Å²) in [5, 5.41) is 44.1. The first kappa shape index (κ1) is 32.7. The fraction of sp³-hybridized carbons (Fsp3) is 0.400. The smallest absolute Gasteiger partial charge is 0.273 e. The monoisotopic (exact) mass is 693 g/mol. The number of nitrogens with one attached hydrogen (secondary N) is 3. The molecule has 8 rings (SSSR count). The minimum atomic E-state index is -2.36. The van der Waals surface area contributed by atoms with Crippen LogP contribution in [0.5, 0.6) is 0 Å². The van der Waals surface area contributed by atoms with Gasteiger partial charge in [-0.3, -0.25) is 19.1 Å². The molecule has 4 aliphatic rings. The van der Waals surface area contributed by atoms with Crippen molar-refractivity contribution in [3.63, 3.8) is 0 Å². The molecule has 3 amide bonds. The predicted molar refractivity (Wildman–Crippen MR) is 186 cm³/mol. The molecule has 1 saturated carbocycles. The zero-order valence-electron chi connectivity index (χ0n) is 28.3. The summed E-state index contributed by atoms with van der Waals surface area (Å²) in [6, 6.07) is 12.1. The summed E-state index contributed by atoms with van der Waals surface area (Å²) in [5.41, 5.74) is 5.15. The molecule has 0 bridgehead atoms. The van der Waals surface area contributed by atoms with Crippen LogP contribution in [0, 0.1) is 5.92 Å². The van der Waals surface area contributed by atoms with E-state index in [9.17, 15) is 24.6 Å². The molecule has 0 atom stereocenters. The van der Waals surface area contributed by atoms with Gasteiger partial charge in [0.15, 0.2) is 11.5 Å². The second-order valence-corrected chi connectivity index (χ2v) is 13.6. The van der Waals surface area contributed by atoms with Crippen molar-refractivity contribution in [3.05, 3.63) is 71.4 Å². The molecule has 0 spiro atoms. The average molecular weight is 694 g/mol. The number of hydrogen-bond donors (Lipinski definition) is 5. The molecule has 3 fully saturated rings. The molecule has 16 heteroatoms. The minimum Gasteiger partial charge on any atom is -0.366 e. The number of benzene rings is 1. The van der Waals surface area contributed by atoms with E-state index < -0.39 is 11.8 Å². The third-order valence-corrected chi connectivity index (χ3v) is 10.1. The summed E-state index contributed by atoms with van der Waals surface area (Å²) in [7, 11) is 3.49. The van der Waals surface area contributed by atoms with Crippen molar-refractivity contribution in [1.82, 2.24) is 40.1 Å². The molecule has 264 valence electrons. The van der Waals surface area contributed by atoms with E-state index >= 15 is 0 Å². The number of hydrogen-bond acceptors (Lipinski definition) is 12. The van der Waals surface area contributed by atoms with Gasteiger partial charge in [0, 0.05) is 63.4 Å². The summed E-state index contributed by atoms with van der Waals surface area (Å²) >= 11 is 0. The zero-order chi connectivity index (χ0) is 35.4. The fourth-order valence-corrected chi connectivity index (χ4v) is 7.06. The van der Waals surface area contributed by atoms with Gasteiger partial charge in [0.05, 0.1) is 41.5 Å². The number of anilines is 4. The van der Waals surface area contributed by atoms with Crippen molar-refractivity contribution in [2.75, 3.05) is 55.8 Å². The van der Waals surface area contributed by atoms with Crippen LogP contribution in [0.4, 0.5) is 22.9 Å². The number of pyridine rings is 1. The molecule has 1 aromatic carbocycles. The summed E-state index contributed by atoms with van der Waals surface area (Å²) < 4.78 is 1.94. The summed E-state index contributed by atoms with van der Waals surface area (Å²) in [5.74, 6) is -2.86. The van der Waals surface area contributed by atoms with Crippen LogP contribution in [0.3, 0.4) is 0 Å². The van der Waals surface area contributed by atoms with Crippen LogP contribution in [-0.2, 0) is 17.3 Å². The molecule has 4 aromatic rings. The Morgan fingerprint density at radius 3 is 2.47 bits per heavy atom.